The predicted octanol–water partition coefficient (Wildman–Crippen LogP) is 5.60. The molecule has 0 saturated heterocycles. The highest BCUT2D eigenvalue weighted by Gasteiger charge is 2.26. The average molecular weight is 410 g/mol. The molecular formula is C20H19ClF3N3O. The van der Waals surface area contributed by atoms with Gasteiger partial charge < -0.3 is 10.4 Å². The lowest BCUT2D eigenvalue weighted by Crippen LogP contribution is -2.23. The van der Waals surface area contributed by atoms with Gasteiger partial charge in [0.2, 0.25) is 5.82 Å². The van der Waals surface area contributed by atoms with Gasteiger partial charge in [0, 0.05) is 34.4 Å². The van der Waals surface area contributed by atoms with Crippen LogP contribution in [0.2, 0.25) is 5.02 Å². The van der Waals surface area contributed by atoms with Crippen molar-refractivity contribution < 1.29 is 18.3 Å². The lowest BCUT2D eigenvalue weighted by Gasteiger charge is -2.21. The fourth-order valence-electron chi connectivity index (χ4n) is 2.99. The van der Waals surface area contributed by atoms with E-state index >= 15 is 4.39 Å². The van der Waals surface area contributed by atoms with Crippen LogP contribution in [0, 0.1) is 17.5 Å². The van der Waals surface area contributed by atoms with Crippen LogP contribution in [-0.4, -0.2) is 28.1 Å². The van der Waals surface area contributed by atoms with Crippen molar-refractivity contribution in [3.8, 4) is 5.75 Å². The number of pyridine rings is 1. The van der Waals surface area contributed by atoms with Crippen molar-refractivity contribution in [1.29, 1.82) is 0 Å². The molecule has 0 radical (unpaired) electrons. The van der Waals surface area contributed by atoms with Gasteiger partial charge in [-0.1, -0.05) is 25.4 Å². The van der Waals surface area contributed by atoms with Gasteiger partial charge in [0.1, 0.15) is 5.69 Å². The Balaban J connectivity index is 2.11. The van der Waals surface area contributed by atoms with Crippen LogP contribution in [0.5, 0.6) is 5.75 Å². The van der Waals surface area contributed by atoms with Crippen molar-refractivity contribution in [3.05, 3.63) is 58.5 Å². The van der Waals surface area contributed by atoms with Crippen LogP contribution in [0.15, 0.2) is 30.5 Å². The summed E-state index contributed by atoms with van der Waals surface area (Å²) in [4.78, 5) is 5.95. The number of anilines is 2. The molecule has 8 heteroatoms. The van der Waals surface area contributed by atoms with Crippen LogP contribution in [0.25, 0.3) is 10.9 Å². The van der Waals surface area contributed by atoms with Crippen molar-refractivity contribution in [2.24, 2.45) is 0 Å². The molecule has 0 fully saturated rings. The highest BCUT2D eigenvalue weighted by atomic mass is 35.5. The largest absolute Gasteiger partial charge is 0.504 e. The maximum atomic E-state index is 15.1. The van der Waals surface area contributed by atoms with Crippen LogP contribution in [0.1, 0.15) is 19.4 Å². The molecule has 0 unspecified atom stereocenters. The van der Waals surface area contributed by atoms with Crippen molar-refractivity contribution in [1.82, 2.24) is 9.88 Å². The number of phenolic OH excluding ortho intramolecular Hbond substituents is 1. The summed E-state index contributed by atoms with van der Waals surface area (Å²) in [6, 6.07) is 6.39. The SMILES string of the molecule is CCN(CC)Cc1c(O)c(F)c(F)c(Nc2ccnc3cc(Cl)ccc23)c1F. The Morgan fingerprint density at radius 1 is 1.07 bits per heavy atom. The molecule has 0 aliphatic heterocycles. The summed E-state index contributed by atoms with van der Waals surface area (Å²) in [5, 5.41) is 13.6. The molecule has 1 heterocycles. The summed E-state index contributed by atoms with van der Waals surface area (Å²) >= 11 is 5.95. The normalized spacial score (nSPS) is 11.4. The Morgan fingerprint density at radius 2 is 1.79 bits per heavy atom. The third kappa shape index (κ3) is 3.72. The first-order chi connectivity index (χ1) is 13.4. The third-order valence-electron chi connectivity index (χ3n) is 4.63. The van der Waals surface area contributed by atoms with Gasteiger partial charge in [0.05, 0.1) is 5.52 Å². The number of hydrogen-bond donors (Lipinski definition) is 2. The van der Waals surface area contributed by atoms with Gasteiger partial charge in [-0.15, -0.1) is 0 Å². The topological polar surface area (TPSA) is 48.4 Å². The van der Waals surface area contributed by atoms with Crippen LogP contribution in [0.4, 0.5) is 24.5 Å². The summed E-state index contributed by atoms with van der Waals surface area (Å²) in [5.74, 6) is -5.04. The molecule has 1 aromatic heterocycles. The van der Waals surface area contributed by atoms with E-state index in [0.29, 0.717) is 34.7 Å². The van der Waals surface area contributed by atoms with Gasteiger partial charge in [-0.3, -0.25) is 9.88 Å². The number of nitrogens with zero attached hydrogens (tertiary/aromatic N) is 2. The molecule has 0 saturated carbocycles. The molecule has 4 nitrogen and oxygen atoms in total. The molecule has 0 amide bonds. The van der Waals surface area contributed by atoms with E-state index in [-0.39, 0.29) is 12.1 Å². The quantitative estimate of drug-likeness (QED) is 0.411. The summed E-state index contributed by atoms with van der Waals surface area (Å²) in [6.07, 6.45) is 1.45. The highest BCUT2D eigenvalue weighted by molar-refractivity contribution is 6.31. The Labute approximate surface area is 165 Å². The predicted molar refractivity (Wildman–Crippen MR) is 105 cm³/mol. The lowest BCUT2D eigenvalue weighted by atomic mass is 10.1. The Bertz CT molecular complexity index is 1030. The van der Waals surface area contributed by atoms with Crippen LogP contribution in [0.3, 0.4) is 0 Å². The summed E-state index contributed by atoms with van der Waals surface area (Å²) in [5.41, 5.74) is -0.120. The van der Waals surface area contributed by atoms with E-state index in [1.54, 1.807) is 23.1 Å². The second-order valence-corrected chi connectivity index (χ2v) is 6.69. The number of hydrogen-bond acceptors (Lipinski definition) is 4. The minimum absolute atomic E-state index is 0.0523. The van der Waals surface area contributed by atoms with Crippen molar-refractivity contribution in [2.45, 2.75) is 20.4 Å². The standard InChI is InChI=1S/C20H19ClF3N3O/c1-3-27(4-2)10-13-16(22)19(17(23)18(24)20(13)28)26-14-7-8-25-15-9-11(21)5-6-12(14)15/h5-9,28H,3-4,10H2,1-2H3,(H,25,26). The Hall–Kier alpha value is -2.51. The van der Waals surface area contributed by atoms with E-state index in [0.717, 1.165) is 0 Å². The molecule has 3 aromatic rings. The van der Waals surface area contributed by atoms with E-state index in [1.165, 1.54) is 12.3 Å². The van der Waals surface area contributed by atoms with E-state index < -0.39 is 28.9 Å². The highest BCUT2D eigenvalue weighted by Crippen LogP contribution is 2.37. The molecule has 0 aliphatic carbocycles. The van der Waals surface area contributed by atoms with Crippen LogP contribution in [-0.2, 0) is 6.54 Å². The van der Waals surface area contributed by atoms with Gasteiger partial charge in [-0.25, -0.2) is 8.78 Å². The lowest BCUT2D eigenvalue weighted by molar-refractivity contribution is 0.281. The molecule has 2 aromatic carbocycles. The van der Waals surface area contributed by atoms with Gasteiger partial charge in [-0.2, -0.15) is 4.39 Å². The number of fused-ring (bicyclic) bond motifs is 1. The molecule has 2 N–H and O–H groups in total. The number of halogens is 4. The number of rotatable bonds is 6. The molecule has 0 spiro atoms. The Morgan fingerprint density at radius 3 is 2.46 bits per heavy atom. The number of aromatic hydroxyl groups is 1. The first-order valence-corrected chi connectivity index (χ1v) is 9.17. The summed E-state index contributed by atoms with van der Waals surface area (Å²) < 4.78 is 43.8. The fraction of sp³-hybridized carbons (Fsp3) is 0.250. The molecule has 0 aliphatic rings. The monoisotopic (exact) mass is 409 g/mol. The Kier molecular flexibility index (Phi) is 5.96. The second-order valence-electron chi connectivity index (χ2n) is 6.25. The minimum atomic E-state index is -1.49. The van der Waals surface area contributed by atoms with E-state index in [4.69, 9.17) is 11.6 Å². The zero-order chi connectivity index (χ0) is 20.4. The molecule has 28 heavy (non-hydrogen) atoms. The number of aromatic nitrogens is 1. The van der Waals surface area contributed by atoms with E-state index in [1.807, 2.05) is 13.8 Å². The van der Waals surface area contributed by atoms with Crippen molar-refractivity contribution >= 4 is 33.9 Å². The molecule has 148 valence electrons. The third-order valence-corrected chi connectivity index (χ3v) is 4.87. The van der Waals surface area contributed by atoms with Gasteiger partial charge in [0.25, 0.3) is 0 Å². The van der Waals surface area contributed by atoms with E-state index in [9.17, 15) is 13.9 Å². The number of nitrogens with one attached hydrogen (secondary N) is 1. The number of phenols is 1. The molecular weight excluding hydrogens is 391 g/mol. The average Bonchev–Trinajstić information content (AvgIpc) is 2.69. The fourth-order valence-corrected chi connectivity index (χ4v) is 3.15. The molecule has 0 atom stereocenters. The first kappa shape index (κ1) is 20.2. The zero-order valence-electron chi connectivity index (χ0n) is 15.4. The second kappa shape index (κ2) is 8.24. The van der Waals surface area contributed by atoms with E-state index in [2.05, 4.69) is 10.3 Å². The molecule has 3 rings (SSSR count). The smallest absolute Gasteiger partial charge is 0.203 e. The molecule has 0 bridgehead atoms. The van der Waals surface area contributed by atoms with Crippen molar-refractivity contribution in [3.63, 3.8) is 0 Å². The zero-order valence-corrected chi connectivity index (χ0v) is 16.1. The maximum absolute atomic E-state index is 15.1. The van der Waals surface area contributed by atoms with Gasteiger partial charge >= 0.3 is 0 Å². The van der Waals surface area contributed by atoms with Gasteiger partial charge in [0.15, 0.2) is 17.4 Å². The summed E-state index contributed by atoms with van der Waals surface area (Å²) in [7, 11) is 0. The first-order valence-electron chi connectivity index (χ1n) is 8.79. The maximum Gasteiger partial charge on any atom is 0.203 e. The van der Waals surface area contributed by atoms with Crippen LogP contribution >= 0.6 is 11.6 Å². The minimum Gasteiger partial charge on any atom is -0.504 e. The summed E-state index contributed by atoms with van der Waals surface area (Å²) in [6.45, 7) is 4.78. The number of benzene rings is 2. The van der Waals surface area contributed by atoms with Crippen LogP contribution < -0.4 is 5.32 Å². The van der Waals surface area contributed by atoms with Crippen molar-refractivity contribution in [2.75, 3.05) is 18.4 Å². The van der Waals surface area contributed by atoms with Gasteiger partial charge in [-0.05, 0) is 37.4 Å².